The standard InChI is InChI=1S/C13H21N5/c1-3-12(14)7-13-15-5-6-17(13)9-11-8-16-18(4-2)10-11/h5-6,8,10,12H,3-4,7,9,14H2,1-2H3. The van der Waals surface area contributed by atoms with Crippen molar-refractivity contribution >= 4 is 0 Å². The summed E-state index contributed by atoms with van der Waals surface area (Å²) < 4.78 is 4.08. The predicted molar refractivity (Wildman–Crippen MR) is 71.2 cm³/mol. The fourth-order valence-corrected chi connectivity index (χ4v) is 1.91. The molecule has 0 aliphatic carbocycles. The van der Waals surface area contributed by atoms with Gasteiger partial charge in [0.25, 0.3) is 0 Å². The van der Waals surface area contributed by atoms with Gasteiger partial charge in [0.1, 0.15) is 5.82 Å². The highest BCUT2D eigenvalue weighted by molar-refractivity contribution is 5.07. The zero-order chi connectivity index (χ0) is 13.0. The van der Waals surface area contributed by atoms with Crippen LogP contribution in [0.5, 0.6) is 0 Å². The quantitative estimate of drug-likeness (QED) is 0.840. The van der Waals surface area contributed by atoms with E-state index in [-0.39, 0.29) is 6.04 Å². The van der Waals surface area contributed by atoms with Gasteiger partial charge in [-0.2, -0.15) is 5.10 Å². The van der Waals surface area contributed by atoms with Crippen molar-refractivity contribution in [3.63, 3.8) is 0 Å². The van der Waals surface area contributed by atoms with Crippen LogP contribution in [0.25, 0.3) is 0 Å². The van der Waals surface area contributed by atoms with E-state index in [0.29, 0.717) is 0 Å². The van der Waals surface area contributed by atoms with Crippen molar-refractivity contribution in [2.24, 2.45) is 5.73 Å². The van der Waals surface area contributed by atoms with E-state index in [2.05, 4.69) is 34.7 Å². The SMILES string of the molecule is CCC(N)Cc1nccn1Cc1cnn(CC)c1. The van der Waals surface area contributed by atoms with Crippen molar-refractivity contribution in [3.05, 3.63) is 36.2 Å². The van der Waals surface area contributed by atoms with Gasteiger partial charge in [-0.15, -0.1) is 0 Å². The number of aromatic nitrogens is 4. The highest BCUT2D eigenvalue weighted by atomic mass is 15.3. The Balaban J connectivity index is 2.07. The number of aryl methyl sites for hydroxylation is 1. The maximum absolute atomic E-state index is 5.98. The number of nitrogens with zero attached hydrogens (tertiary/aromatic N) is 4. The fraction of sp³-hybridized carbons (Fsp3) is 0.538. The molecule has 0 fully saturated rings. The van der Waals surface area contributed by atoms with Crippen molar-refractivity contribution in [1.29, 1.82) is 0 Å². The Bertz CT molecular complexity index is 485. The number of nitrogens with two attached hydrogens (primary N) is 1. The molecule has 0 bridgehead atoms. The van der Waals surface area contributed by atoms with E-state index in [1.807, 2.05) is 23.3 Å². The lowest BCUT2D eigenvalue weighted by atomic mass is 10.1. The second-order valence-electron chi connectivity index (χ2n) is 4.55. The van der Waals surface area contributed by atoms with E-state index in [9.17, 15) is 0 Å². The molecule has 0 spiro atoms. The molecule has 2 N–H and O–H groups in total. The van der Waals surface area contributed by atoms with Gasteiger partial charge in [0.05, 0.1) is 12.7 Å². The second-order valence-corrected chi connectivity index (χ2v) is 4.55. The molecule has 18 heavy (non-hydrogen) atoms. The Morgan fingerprint density at radius 2 is 2.22 bits per heavy atom. The topological polar surface area (TPSA) is 61.7 Å². The summed E-state index contributed by atoms with van der Waals surface area (Å²) in [5.74, 6) is 1.05. The van der Waals surface area contributed by atoms with Gasteiger partial charge in [-0.3, -0.25) is 4.68 Å². The molecular formula is C13H21N5. The molecule has 5 heteroatoms. The summed E-state index contributed by atoms with van der Waals surface area (Å²) in [6, 6.07) is 0.185. The zero-order valence-corrected chi connectivity index (χ0v) is 11.1. The number of imidazole rings is 1. The first kappa shape index (κ1) is 12.8. The molecule has 0 radical (unpaired) electrons. The van der Waals surface area contributed by atoms with Crippen molar-refractivity contribution < 1.29 is 0 Å². The summed E-state index contributed by atoms with van der Waals surface area (Å²) in [5.41, 5.74) is 7.18. The van der Waals surface area contributed by atoms with E-state index >= 15 is 0 Å². The van der Waals surface area contributed by atoms with Crippen LogP contribution in [0.1, 0.15) is 31.7 Å². The van der Waals surface area contributed by atoms with Crippen LogP contribution in [0.3, 0.4) is 0 Å². The molecule has 98 valence electrons. The summed E-state index contributed by atoms with van der Waals surface area (Å²) >= 11 is 0. The maximum Gasteiger partial charge on any atom is 0.110 e. The Morgan fingerprint density at radius 1 is 1.39 bits per heavy atom. The number of rotatable bonds is 6. The van der Waals surface area contributed by atoms with Gasteiger partial charge >= 0.3 is 0 Å². The first-order valence-corrected chi connectivity index (χ1v) is 6.49. The fourth-order valence-electron chi connectivity index (χ4n) is 1.91. The van der Waals surface area contributed by atoms with Crippen LogP contribution in [-0.2, 0) is 19.5 Å². The van der Waals surface area contributed by atoms with Gasteiger partial charge in [-0.05, 0) is 13.3 Å². The van der Waals surface area contributed by atoms with Gasteiger partial charge in [-0.25, -0.2) is 4.98 Å². The van der Waals surface area contributed by atoms with Crippen molar-refractivity contribution in [1.82, 2.24) is 19.3 Å². The molecule has 5 nitrogen and oxygen atoms in total. The second kappa shape index (κ2) is 5.82. The lowest BCUT2D eigenvalue weighted by Crippen LogP contribution is -2.23. The van der Waals surface area contributed by atoms with Crippen molar-refractivity contribution in [2.45, 2.75) is 45.8 Å². The van der Waals surface area contributed by atoms with Gasteiger partial charge in [-0.1, -0.05) is 6.92 Å². The van der Waals surface area contributed by atoms with Crippen LogP contribution in [0.4, 0.5) is 0 Å². The molecule has 0 saturated heterocycles. The molecule has 1 atom stereocenters. The van der Waals surface area contributed by atoms with Gasteiger partial charge in [0, 0.05) is 43.2 Å². The Morgan fingerprint density at radius 3 is 2.89 bits per heavy atom. The molecule has 1 unspecified atom stereocenters. The van der Waals surface area contributed by atoms with Gasteiger partial charge in [0.2, 0.25) is 0 Å². The number of hydrogen-bond acceptors (Lipinski definition) is 3. The predicted octanol–water partition coefficient (Wildman–Crippen LogP) is 1.43. The van der Waals surface area contributed by atoms with E-state index < -0.39 is 0 Å². The maximum atomic E-state index is 5.98. The average Bonchev–Trinajstić information content (AvgIpc) is 3.00. The zero-order valence-electron chi connectivity index (χ0n) is 11.1. The molecule has 2 aromatic heterocycles. The highest BCUT2D eigenvalue weighted by Gasteiger charge is 2.08. The first-order valence-electron chi connectivity index (χ1n) is 6.49. The van der Waals surface area contributed by atoms with Gasteiger partial charge < -0.3 is 10.3 Å². The average molecular weight is 247 g/mol. The van der Waals surface area contributed by atoms with E-state index in [1.54, 1.807) is 0 Å². The minimum absolute atomic E-state index is 0.185. The first-order chi connectivity index (χ1) is 8.72. The van der Waals surface area contributed by atoms with Crippen molar-refractivity contribution in [2.75, 3.05) is 0 Å². The molecule has 0 aromatic carbocycles. The Kier molecular flexibility index (Phi) is 4.15. The van der Waals surface area contributed by atoms with Crippen LogP contribution in [0.15, 0.2) is 24.8 Å². The third-order valence-corrected chi connectivity index (χ3v) is 3.13. The number of hydrogen-bond donors (Lipinski definition) is 1. The molecule has 2 aromatic rings. The summed E-state index contributed by atoms with van der Waals surface area (Å²) in [6.45, 7) is 5.90. The molecule has 0 saturated carbocycles. The summed E-state index contributed by atoms with van der Waals surface area (Å²) in [5, 5.41) is 4.28. The third-order valence-electron chi connectivity index (χ3n) is 3.13. The van der Waals surface area contributed by atoms with Crippen molar-refractivity contribution in [3.8, 4) is 0 Å². The lowest BCUT2D eigenvalue weighted by molar-refractivity contribution is 0.597. The molecule has 0 amide bonds. The van der Waals surface area contributed by atoms with Crippen LogP contribution in [-0.4, -0.2) is 25.4 Å². The van der Waals surface area contributed by atoms with Crippen LogP contribution in [0.2, 0.25) is 0 Å². The minimum Gasteiger partial charge on any atom is -0.330 e. The minimum atomic E-state index is 0.185. The molecule has 0 aliphatic heterocycles. The van der Waals surface area contributed by atoms with E-state index in [0.717, 1.165) is 31.8 Å². The normalized spacial score (nSPS) is 12.8. The van der Waals surface area contributed by atoms with Crippen LogP contribution in [0, 0.1) is 0 Å². The monoisotopic (exact) mass is 247 g/mol. The van der Waals surface area contributed by atoms with Crippen LogP contribution >= 0.6 is 0 Å². The molecule has 2 heterocycles. The Hall–Kier alpha value is -1.62. The van der Waals surface area contributed by atoms with Gasteiger partial charge in [0.15, 0.2) is 0 Å². The molecular weight excluding hydrogens is 226 g/mol. The summed E-state index contributed by atoms with van der Waals surface area (Å²) in [7, 11) is 0. The van der Waals surface area contributed by atoms with Crippen LogP contribution < -0.4 is 5.73 Å². The molecule has 2 rings (SSSR count). The van der Waals surface area contributed by atoms with E-state index in [1.165, 1.54) is 5.56 Å². The third kappa shape index (κ3) is 2.98. The summed E-state index contributed by atoms with van der Waals surface area (Å²) in [6.07, 6.45) is 9.62. The lowest BCUT2D eigenvalue weighted by Gasteiger charge is -2.10. The summed E-state index contributed by atoms with van der Waals surface area (Å²) in [4.78, 5) is 4.38. The molecule has 0 aliphatic rings. The smallest absolute Gasteiger partial charge is 0.110 e. The van der Waals surface area contributed by atoms with E-state index in [4.69, 9.17) is 5.73 Å². The highest BCUT2D eigenvalue weighted by Crippen LogP contribution is 2.07. The largest absolute Gasteiger partial charge is 0.330 e. The Labute approximate surface area is 108 Å².